The van der Waals surface area contributed by atoms with E-state index >= 15 is 0 Å². The van der Waals surface area contributed by atoms with Gasteiger partial charge in [0.2, 0.25) is 0 Å². The van der Waals surface area contributed by atoms with Crippen LogP contribution in [0.1, 0.15) is 16.7 Å². The maximum Gasteiger partial charge on any atom is 0.416 e. The van der Waals surface area contributed by atoms with Crippen molar-refractivity contribution in [2.45, 2.75) is 18.8 Å². The third-order valence-corrected chi connectivity index (χ3v) is 3.72. The number of hydrogen-bond donors (Lipinski definition) is 2. The van der Waals surface area contributed by atoms with E-state index in [9.17, 15) is 26.3 Å². The summed E-state index contributed by atoms with van der Waals surface area (Å²) in [5, 5.41) is 2.91. The standard InChI is InChI=1S/C16H13ClF6N2/c17-13-5-9(1-2-14(13)24)3-4-25-12-7-10(15(18,19)20)6-11(8-12)16(21,22)23/h1-2,5-8,25H,3-4,24H2. The van der Waals surface area contributed by atoms with Crippen LogP contribution in [0.25, 0.3) is 0 Å². The maximum atomic E-state index is 12.8. The minimum absolute atomic E-state index is 0.0882. The first-order valence-electron chi connectivity index (χ1n) is 7.04. The molecule has 0 bridgehead atoms. The first kappa shape index (κ1) is 19.2. The van der Waals surface area contributed by atoms with Gasteiger partial charge in [-0.2, -0.15) is 26.3 Å². The van der Waals surface area contributed by atoms with Gasteiger partial charge in [0.1, 0.15) is 0 Å². The number of rotatable bonds is 4. The van der Waals surface area contributed by atoms with Crippen LogP contribution in [0, 0.1) is 0 Å². The van der Waals surface area contributed by atoms with Crippen LogP contribution >= 0.6 is 11.6 Å². The summed E-state index contributed by atoms with van der Waals surface area (Å²) < 4.78 is 76.7. The first-order chi connectivity index (χ1) is 11.5. The molecule has 0 aromatic heterocycles. The molecule has 3 N–H and O–H groups in total. The van der Waals surface area contributed by atoms with Gasteiger partial charge < -0.3 is 11.1 Å². The van der Waals surface area contributed by atoms with E-state index in [0.717, 1.165) is 5.56 Å². The molecule has 9 heteroatoms. The quantitative estimate of drug-likeness (QED) is 0.532. The predicted molar refractivity (Wildman–Crippen MR) is 84.5 cm³/mol. The van der Waals surface area contributed by atoms with Crippen molar-refractivity contribution in [1.29, 1.82) is 0 Å². The summed E-state index contributed by atoms with van der Waals surface area (Å²) in [5.74, 6) is 0. The fourth-order valence-corrected chi connectivity index (χ4v) is 2.34. The van der Waals surface area contributed by atoms with Crippen molar-refractivity contribution in [3.63, 3.8) is 0 Å². The van der Waals surface area contributed by atoms with Gasteiger partial charge in [-0.1, -0.05) is 17.7 Å². The molecule has 0 spiro atoms. The molecule has 0 atom stereocenters. The molecule has 0 fully saturated rings. The molecule has 2 aromatic rings. The van der Waals surface area contributed by atoms with Crippen LogP contribution in [-0.2, 0) is 18.8 Å². The second-order valence-electron chi connectivity index (χ2n) is 5.33. The minimum Gasteiger partial charge on any atom is -0.398 e. The van der Waals surface area contributed by atoms with Gasteiger partial charge in [0.25, 0.3) is 0 Å². The predicted octanol–water partition coefficient (Wildman–Crippen LogP) is 5.61. The molecule has 136 valence electrons. The molecule has 0 aliphatic carbocycles. The molecule has 0 aliphatic heterocycles. The van der Waals surface area contributed by atoms with E-state index < -0.39 is 23.5 Å². The lowest BCUT2D eigenvalue weighted by atomic mass is 10.1. The Kier molecular flexibility index (Phi) is 5.41. The summed E-state index contributed by atoms with van der Waals surface area (Å²) >= 11 is 5.86. The average molecular weight is 383 g/mol. The summed E-state index contributed by atoms with van der Waals surface area (Å²) in [7, 11) is 0. The molecular weight excluding hydrogens is 370 g/mol. The van der Waals surface area contributed by atoms with E-state index in [-0.39, 0.29) is 18.3 Å². The van der Waals surface area contributed by atoms with Gasteiger partial charge in [-0.05, 0) is 42.3 Å². The highest BCUT2D eigenvalue weighted by Crippen LogP contribution is 2.37. The molecule has 2 rings (SSSR count). The average Bonchev–Trinajstić information content (AvgIpc) is 2.49. The van der Waals surface area contributed by atoms with Crippen LogP contribution < -0.4 is 11.1 Å². The van der Waals surface area contributed by atoms with Crippen molar-refractivity contribution in [1.82, 2.24) is 0 Å². The van der Waals surface area contributed by atoms with Crippen molar-refractivity contribution in [3.05, 3.63) is 58.1 Å². The highest BCUT2D eigenvalue weighted by Gasteiger charge is 2.36. The van der Waals surface area contributed by atoms with Gasteiger partial charge in [-0.3, -0.25) is 0 Å². The van der Waals surface area contributed by atoms with Crippen LogP contribution in [0.15, 0.2) is 36.4 Å². The highest BCUT2D eigenvalue weighted by molar-refractivity contribution is 6.33. The monoisotopic (exact) mass is 382 g/mol. The first-order valence-corrected chi connectivity index (χ1v) is 7.42. The molecule has 0 radical (unpaired) electrons. The zero-order valence-corrected chi connectivity index (χ0v) is 13.4. The molecule has 0 unspecified atom stereocenters. The van der Waals surface area contributed by atoms with E-state index in [1.807, 2.05) is 0 Å². The number of anilines is 2. The van der Waals surface area contributed by atoms with Crippen molar-refractivity contribution < 1.29 is 26.3 Å². The van der Waals surface area contributed by atoms with E-state index in [0.29, 0.717) is 29.3 Å². The molecule has 0 heterocycles. The molecule has 2 aromatic carbocycles. The number of benzene rings is 2. The van der Waals surface area contributed by atoms with Crippen molar-refractivity contribution in [2.24, 2.45) is 0 Å². The minimum atomic E-state index is -4.87. The number of hydrogen-bond acceptors (Lipinski definition) is 2. The van der Waals surface area contributed by atoms with Gasteiger partial charge >= 0.3 is 12.4 Å². The van der Waals surface area contributed by atoms with Gasteiger partial charge in [0.15, 0.2) is 0 Å². The molecule has 25 heavy (non-hydrogen) atoms. The Morgan fingerprint density at radius 3 is 1.92 bits per heavy atom. The fraction of sp³-hybridized carbons (Fsp3) is 0.250. The molecule has 0 saturated heterocycles. The summed E-state index contributed by atoms with van der Waals surface area (Å²) in [4.78, 5) is 0. The van der Waals surface area contributed by atoms with Gasteiger partial charge in [0.05, 0.1) is 21.8 Å². The number of halogens is 7. The summed E-state index contributed by atoms with van der Waals surface area (Å²) in [6, 6.07) is 6.22. The number of nitrogens with one attached hydrogen (secondary N) is 1. The van der Waals surface area contributed by atoms with Crippen LogP contribution in [-0.4, -0.2) is 6.54 Å². The third-order valence-electron chi connectivity index (χ3n) is 3.40. The molecule has 0 amide bonds. The topological polar surface area (TPSA) is 38.0 Å². The summed E-state index contributed by atoms with van der Waals surface area (Å²) in [6.07, 6.45) is -9.40. The largest absolute Gasteiger partial charge is 0.416 e. The third kappa shape index (κ3) is 5.19. The molecule has 0 aliphatic rings. The van der Waals surface area contributed by atoms with E-state index in [2.05, 4.69) is 5.32 Å². The fourth-order valence-electron chi connectivity index (χ4n) is 2.13. The maximum absolute atomic E-state index is 12.8. The second kappa shape index (κ2) is 7.03. The van der Waals surface area contributed by atoms with Crippen LogP contribution in [0.2, 0.25) is 5.02 Å². The Morgan fingerprint density at radius 1 is 0.880 bits per heavy atom. The Balaban J connectivity index is 2.16. The lowest BCUT2D eigenvalue weighted by Crippen LogP contribution is -2.13. The normalized spacial score (nSPS) is 12.3. The summed E-state index contributed by atoms with van der Waals surface area (Å²) in [6.45, 7) is 0.124. The van der Waals surface area contributed by atoms with E-state index in [4.69, 9.17) is 17.3 Å². The van der Waals surface area contributed by atoms with Gasteiger partial charge in [-0.15, -0.1) is 0 Å². The summed E-state index contributed by atoms with van der Waals surface area (Å²) in [5.41, 5.74) is 3.71. The smallest absolute Gasteiger partial charge is 0.398 e. The van der Waals surface area contributed by atoms with Gasteiger partial charge in [0, 0.05) is 12.2 Å². The zero-order valence-electron chi connectivity index (χ0n) is 12.6. The Bertz CT molecular complexity index is 723. The van der Waals surface area contributed by atoms with Crippen LogP contribution in [0.5, 0.6) is 0 Å². The Morgan fingerprint density at radius 2 is 1.44 bits per heavy atom. The number of nitrogens with two attached hydrogens (primary N) is 1. The molecule has 2 nitrogen and oxygen atoms in total. The zero-order chi connectivity index (χ0) is 18.8. The van der Waals surface area contributed by atoms with Crippen LogP contribution in [0.3, 0.4) is 0 Å². The van der Waals surface area contributed by atoms with Crippen molar-refractivity contribution in [3.8, 4) is 0 Å². The lowest BCUT2D eigenvalue weighted by molar-refractivity contribution is -0.143. The lowest BCUT2D eigenvalue weighted by Gasteiger charge is -2.15. The SMILES string of the molecule is Nc1ccc(CCNc2cc(C(F)(F)F)cc(C(F)(F)F)c2)cc1Cl. The van der Waals surface area contributed by atoms with Crippen molar-refractivity contribution in [2.75, 3.05) is 17.6 Å². The molecule has 0 saturated carbocycles. The van der Waals surface area contributed by atoms with Gasteiger partial charge in [-0.25, -0.2) is 0 Å². The number of nitrogen functional groups attached to an aromatic ring is 1. The van der Waals surface area contributed by atoms with E-state index in [1.165, 1.54) is 0 Å². The van der Waals surface area contributed by atoms with Crippen LogP contribution in [0.4, 0.5) is 37.7 Å². The Labute approximate surface area is 144 Å². The second-order valence-corrected chi connectivity index (χ2v) is 5.73. The Hall–Kier alpha value is -2.09. The van der Waals surface area contributed by atoms with Crippen molar-refractivity contribution >= 4 is 23.0 Å². The molecular formula is C16H13ClF6N2. The number of alkyl halides is 6. The highest BCUT2D eigenvalue weighted by atomic mass is 35.5. The van der Waals surface area contributed by atoms with E-state index in [1.54, 1.807) is 18.2 Å².